The van der Waals surface area contributed by atoms with Crippen molar-refractivity contribution >= 4 is 11.6 Å². The lowest BCUT2D eigenvalue weighted by Crippen LogP contribution is -2.14. The Bertz CT molecular complexity index is 1350. The molecular formula is C24H18N6O2. The molecule has 0 saturated carbocycles. The van der Waals surface area contributed by atoms with E-state index in [4.69, 9.17) is 4.52 Å². The summed E-state index contributed by atoms with van der Waals surface area (Å²) < 4.78 is 7.13. The normalized spacial score (nSPS) is 10.8. The van der Waals surface area contributed by atoms with Crippen LogP contribution in [0.15, 0.2) is 96.0 Å². The molecule has 0 aliphatic rings. The zero-order chi connectivity index (χ0) is 21.8. The van der Waals surface area contributed by atoms with Crippen molar-refractivity contribution in [3.05, 3.63) is 109 Å². The van der Waals surface area contributed by atoms with Crippen LogP contribution in [-0.4, -0.2) is 30.8 Å². The molecule has 8 nitrogen and oxygen atoms in total. The number of amides is 1. The molecule has 0 unspecified atom stereocenters. The Morgan fingerprint density at radius 3 is 2.69 bits per heavy atom. The van der Waals surface area contributed by atoms with Gasteiger partial charge in [0.2, 0.25) is 11.7 Å². The van der Waals surface area contributed by atoms with Crippen LogP contribution in [-0.2, 0) is 6.42 Å². The van der Waals surface area contributed by atoms with E-state index in [2.05, 4.69) is 25.5 Å². The number of anilines is 1. The molecule has 0 saturated heterocycles. The number of pyridine rings is 1. The Kier molecular flexibility index (Phi) is 5.24. The van der Waals surface area contributed by atoms with Crippen LogP contribution < -0.4 is 5.32 Å². The van der Waals surface area contributed by atoms with Crippen LogP contribution in [0.25, 0.3) is 17.1 Å². The van der Waals surface area contributed by atoms with Gasteiger partial charge in [-0.2, -0.15) is 10.1 Å². The number of rotatable bonds is 6. The van der Waals surface area contributed by atoms with E-state index >= 15 is 0 Å². The second-order valence-corrected chi connectivity index (χ2v) is 7.04. The first-order valence-corrected chi connectivity index (χ1v) is 9.98. The number of hydrogen-bond acceptors (Lipinski definition) is 6. The predicted octanol–water partition coefficient (Wildman–Crippen LogP) is 4.16. The minimum absolute atomic E-state index is 0.213. The molecule has 32 heavy (non-hydrogen) atoms. The summed E-state index contributed by atoms with van der Waals surface area (Å²) in [6.45, 7) is 0. The van der Waals surface area contributed by atoms with Crippen molar-refractivity contribution in [1.29, 1.82) is 0 Å². The molecule has 5 rings (SSSR count). The molecule has 8 heteroatoms. The monoisotopic (exact) mass is 422 g/mol. The second-order valence-electron chi connectivity index (χ2n) is 7.04. The molecule has 0 spiro atoms. The Labute approximate surface area is 183 Å². The van der Waals surface area contributed by atoms with E-state index in [0.717, 1.165) is 16.8 Å². The van der Waals surface area contributed by atoms with Crippen LogP contribution >= 0.6 is 0 Å². The first kappa shape index (κ1) is 19.4. The molecule has 2 aromatic carbocycles. The van der Waals surface area contributed by atoms with Gasteiger partial charge in [0.05, 0.1) is 12.1 Å². The molecule has 0 atom stereocenters. The topological polar surface area (TPSA) is 98.7 Å². The smallest absolute Gasteiger partial charge is 0.255 e. The number of carbonyl (C=O) groups is 1. The summed E-state index contributed by atoms with van der Waals surface area (Å²) in [6.07, 6.45) is 7.27. The van der Waals surface area contributed by atoms with Gasteiger partial charge in [-0.25, -0.2) is 4.68 Å². The number of para-hydroxylation sites is 1. The van der Waals surface area contributed by atoms with Crippen LogP contribution in [0.4, 0.5) is 5.69 Å². The fraction of sp³-hybridized carbons (Fsp3) is 0.0417. The molecule has 0 aliphatic carbocycles. The SMILES string of the molecule is O=C(Nc1ccccc1Cc1nc(-c2ccncc2)no1)c1cccc(-n2cccn2)c1. The Hall–Kier alpha value is -4.59. The van der Waals surface area contributed by atoms with Crippen molar-refractivity contribution in [1.82, 2.24) is 24.9 Å². The largest absolute Gasteiger partial charge is 0.339 e. The minimum atomic E-state index is -0.213. The molecule has 0 fully saturated rings. The number of hydrogen-bond donors (Lipinski definition) is 1. The van der Waals surface area contributed by atoms with Crippen molar-refractivity contribution in [3.63, 3.8) is 0 Å². The average Bonchev–Trinajstić information content (AvgIpc) is 3.54. The molecule has 5 aromatic rings. The van der Waals surface area contributed by atoms with Gasteiger partial charge in [-0.3, -0.25) is 9.78 Å². The number of nitrogens with zero attached hydrogens (tertiary/aromatic N) is 5. The van der Waals surface area contributed by atoms with E-state index < -0.39 is 0 Å². The summed E-state index contributed by atoms with van der Waals surface area (Å²) in [5.41, 5.74) is 3.73. The fourth-order valence-electron chi connectivity index (χ4n) is 3.31. The third-order valence-corrected chi connectivity index (χ3v) is 4.89. The van der Waals surface area contributed by atoms with Gasteiger partial charge in [0.1, 0.15) is 0 Å². The summed E-state index contributed by atoms with van der Waals surface area (Å²) in [4.78, 5) is 21.4. The molecule has 3 aromatic heterocycles. The fourth-order valence-corrected chi connectivity index (χ4v) is 3.31. The van der Waals surface area contributed by atoms with E-state index in [1.165, 1.54) is 0 Å². The van der Waals surface area contributed by atoms with Gasteiger partial charge in [0.25, 0.3) is 5.91 Å². The van der Waals surface area contributed by atoms with Crippen LogP contribution in [0.5, 0.6) is 0 Å². The standard InChI is InChI=1S/C24H18N6O2/c31-24(19-6-3-7-20(15-19)30-14-4-11-26-30)27-21-8-2-1-5-18(21)16-22-28-23(29-32-22)17-9-12-25-13-10-17/h1-15H,16H2,(H,27,31). The van der Waals surface area contributed by atoms with Gasteiger partial charge in [0, 0.05) is 41.6 Å². The van der Waals surface area contributed by atoms with Crippen LogP contribution in [0.1, 0.15) is 21.8 Å². The first-order chi connectivity index (χ1) is 15.8. The lowest BCUT2D eigenvalue weighted by atomic mass is 10.1. The van der Waals surface area contributed by atoms with E-state index in [0.29, 0.717) is 29.4 Å². The van der Waals surface area contributed by atoms with E-state index in [-0.39, 0.29) is 5.91 Å². The number of aromatic nitrogens is 5. The number of carbonyl (C=O) groups excluding carboxylic acids is 1. The van der Waals surface area contributed by atoms with Gasteiger partial charge >= 0.3 is 0 Å². The average molecular weight is 422 g/mol. The van der Waals surface area contributed by atoms with Gasteiger partial charge in [-0.1, -0.05) is 29.4 Å². The maximum absolute atomic E-state index is 12.9. The number of nitrogens with one attached hydrogen (secondary N) is 1. The molecule has 1 amide bonds. The van der Waals surface area contributed by atoms with Crippen molar-refractivity contribution in [2.45, 2.75) is 6.42 Å². The van der Waals surface area contributed by atoms with Gasteiger partial charge < -0.3 is 9.84 Å². The molecule has 0 radical (unpaired) electrons. The van der Waals surface area contributed by atoms with Gasteiger partial charge in [0.15, 0.2) is 0 Å². The van der Waals surface area contributed by atoms with Crippen LogP contribution in [0.3, 0.4) is 0 Å². The highest BCUT2D eigenvalue weighted by Crippen LogP contribution is 2.22. The Morgan fingerprint density at radius 1 is 0.969 bits per heavy atom. The maximum atomic E-state index is 12.9. The second kappa shape index (κ2) is 8.65. The minimum Gasteiger partial charge on any atom is -0.339 e. The highest BCUT2D eigenvalue weighted by atomic mass is 16.5. The summed E-state index contributed by atoms with van der Waals surface area (Å²) in [5, 5.41) is 11.3. The first-order valence-electron chi connectivity index (χ1n) is 9.98. The molecule has 0 bridgehead atoms. The van der Waals surface area contributed by atoms with Crippen molar-refractivity contribution < 1.29 is 9.32 Å². The van der Waals surface area contributed by atoms with Crippen LogP contribution in [0, 0.1) is 0 Å². The zero-order valence-electron chi connectivity index (χ0n) is 16.9. The number of benzene rings is 2. The van der Waals surface area contributed by atoms with Gasteiger partial charge in [-0.05, 0) is 48.0 Å². The summed E-state index contributed by atoms with van der Waals surface area (Å²) in [7, 11) is 0. The Morgan fingerprint density at radius 2 is 1.84 bits per heavy atom. The Balaban J connectivity index is 1.35. The van der Waals surface area contributed by atoms with Crippen molar-refractivity contribution in [3.8, 4) is 17.1 Å². The third-order valence-electron chi connectivity index (χ3n) is 4.89. The molecule has 156 valence electrons. The van der Waals surface area contributed by atoms with Crippen molar-refractivity contribution in [2.75, 3.05) is 5.32 Å². The van der Waals surface area contributed by atoms with Crippen molar-refractivity contribution in [2.24, 2.45) is 0 Å². The molecule has 3 heterocycles. The quantitative estimate of drug-likeness (QED) is 0.441. The summed E-state index contributed by atoms with van der Waals surface area (Å²) in [5.74, 6) is 0.744. The third kappa shape index (κ3) is 4.15. The lowest BCUT2D eigenvalue weighted by Gasteiger charge is -2.11. The zero-order valence-corrected chi connectivity index (χ0v) is 16.9. The maximum Gasteiger partial charge on any atom is 0.255 e. The van der Waals surface area contributed by atoms with Gasteiger partial charge in [-0.15, -0.1) is 0 Å². The van der Waals surface area contributed by atoms with Crippen LogP contribution in [0.2, 0.25) is 0 Å². The molecular weight excluding hydrogens is 404 g/mol. The summed E-state index contributed by atoms with van der Waals surface area (Å²) >= 11 is 0. The highest BCUT2D eigenvalue weighted by molar-refractivity contribution is 6.05. The highest BCUT2D eigenvalue weighted by Gasteiger charge is 2.14. The lowest BCUT2D eigenvalue weighted by molar-refractivity contribution is 0.102. The van der Waals surface area contributed by atoms with E-state index in [1.54, 1.807) is 35.4 Å². The molecule has 0 aliphatic heterocycles. The van der Waals surface area contributed by atoms with E-state index in [1.807, 2.05) is 60.8 Å². The predicted molar refractivity (Wildman–Crippen MR) is 118 cm³/mol. The molecule has 1 N–H and O–H groups in total. The summed E-state index contributed by atoms with van der Waals surface area (Å²) in [6, 6.07) is 20.3. The van der Waals surface area contributed by atoms with E-state index in [9.17, 15) is 4.79 Å².